The van der Waals surface area contributed by atoms with E-state index in [2.05, 4.69) is 20.4 Å². The SMILES string of the molecule is Cc1nc2c(c(Nc3cnn(CC(=O)N4CCOCC4)c3)n1)CCCC2. The summed E-state index contributed by atoms with van der Waals surface area (Å²) in [6.45, 7) is 4.67. The molecule has 2 aliphatic rings. The third-order valence-electron chi connectivity index (χ3n) is 4.85. The van der Waals surface area contributed by atoms with Gasteiger partial charge in [-0.1, -0.05) is 0 Å². The Labute approximate surface area is 152 Å². The van der Waals surface area contributed by atoms with Crippen LogP contribution in [0.25, 0.3) is 0 Å². The number of hydrogen-bond acceptors (Lipinski definition) is 6. The fourth-order valence-corrected chi connectivity index (χ4v) is 3.52. The molecule has 2 aromatic rings. The second-order valence-electron chi connectivity index (χ2n) is 6.80. The van der Waals surface area contributed by atoms with Crippen LogP contribution in [-0.4, -0.2) is 56.9 Å². The first-order valence-corrected chi connectivity index (χ1v) is 9.20. The Bertz CT molecular complexity index is 797. The van der Waals surface area contributed by atoms with Crippen LogP contribution in [0.5, 0.6) is 0 Å². The summed E-state index contributed by atoms with van der Waals surface area (Å²) >= 11 is 0. The molecule has 3 heterocycles. The largest absolute Gasteiger partial charge is 0.378 e. The average Bonchev–Trinajstić information content (AvgIpc) is 3.09. The van der Waals surface area contributed by atoms with Crippen LogP contribution in [0.15, 0.2) is 12.4 Å². The van der Waals surface area contributed by atoms with Gasteiger partial charge in [-0.05, 0) is 32.6 Å². The van der Waals surface area contributed by atoms with Crippen LogP contribution in [-0.2, 0) is 28.9 Å². The number of ether oxygens (including phenoxy) is 1. The molecule has 1 aliphatic heterocycles. The Morgan fingerprint density at radius 2 is 2.04 bits per heavy atom. The van der Waals surface area contributed by atoms with Gasteiger partial charge in [0.1, 0.15) is 18.2 Å². The highest BCUT2D eigenvalue weighted by Gasteiger charge is 2.19. The maximum Gasteiger partial charge on any atom is 0.244 e. The highest BCUT2D eigenvalue weighted by atomic mass is 16.5. The van der Waals surface area contributed by atoms with Crippen molar-refractivity contribution in [3.05, 3.63) is 29.5 Å². The number of nitrogens with one attached hydrogen (secondary N) is 1. The van der Waals surface area contributed by atoms with Crippen LogP contribution in [0.1, 0.15) is 29.9 Å². The number of fused-ring (bicyclic) bond motifs is 1. The third kappa shape index (κ3) is 3.70. The van der Waals surface area contributed by atoms with Gasteiger partial charge in [-0.2, -0.15) is 5.10 Å². The Balaban J connectivity index is 1.45. The minimum Gasteiger partial charge on any atom is -0.378 e. The second kappa shape index (κ2) is 7.41. The number of carbonyl (C=O) groups excluding carboxylic acids is 1. The molecule has 0 atom stereocenters. The number of morpholine rings is 1. The minimum atomic E-state index is 0.0678. The van der Waals surface area contributed by atoms with Crippen LogP contribution in [0.4, 0.5) is 11.5 Å². The van der Waals surface area contributed by atoms with Crippen LogP contribution < -0.4 is 5.32 Å². The zero-order valence-corrected chi connectivity index (χ0v) is 15.1. The van der Waals surface area contributed by atoms with E-state index in [9.17, 15) is 4.79 Å². The van der Waals surface area contributed by atoms with E-state index in [1.54, 1.807) is 10.9 Å². The van der Waals surface area contributed by atoms with Crippen molar-refractivity contribution >= 4 is 17.4 Å². The van der Waals surface area contributed by atoms with Gasteiger partial charge >= 0.3 is 0 Å². The molecule has 0 bridgehead atoms. The molecule has 8 heteroatoms. The number of aromatic nitrogens is 4. The lowest BCUT2D eigenvalue weighted by molar-refractivity contribution is -0.136. The Morgan fingerprint density at radius 1 is 1.23 bits per heavy atom. The number of rotatable bonds is 4. The topological polar surface area (TPSA) is 85.2 Å². The Hall–Kier alpha value is -2.48. The summed E-state index contributed by atoms with van der Waals surface area (Å²) in [5.74, 6) is 1.72. The van der Waals surface area contributed by atoms with Crippen molar-refractivity contribution in [1.82, 2.24) is 24.6 Å². The zero-order chi connectivity index (χ0) is 17.9. The number of aryl methyl sites for hydroxylation is 2. The molecule has 1 N–H and O–H groups in total. The summed E-state index contributed by atoms with van der Waals surface area (Å²) in [7, 11) is 0. The van der Waals surface area contributed by atoms with Crippen molar-refractivity contribution in [2.75, 3.05) is 31.6 Å². The van der Waals surface area contributed by atoms with Crippen molar-refractivity contribution in [2.24, 2.45) is 0 Å². The van der Waals surface area contributed by atoms with E-state index < -0.39 is 0 Å². The van der Waals surface area contributed by atoms with E-state index in [4.69, 9.17) is 4.74 Å². The Morgan fingerprint density at radius 3 is 2.88 bits per heavy atom. The molecule has 0 saturated carbocycles. The molecule has 2 aromatic heterocycles. The van der Waals surface area contributed by atoms with E-state index in [-0.39, 0.29) is 12.5 Å². The highest BCUT2D eigenvalue weighted by Crippen LogP contribution is 2.27. The molecule has 0 radical (unpaired) electrons. The molecule has 8 nitrogen and oxygen atoms in total. The van der Waals surface area contributed by atoms with Crippen LogP contribution in [0, 0.1) is 6.92 Å². The van der Waals surface area contributed by atoms with E-state index in [0.717, 1.165) is 35.9 Å². The lowest BCUT2D eigenvalue weighted by atomic mass is 9.96. The predicted octanol–water partition coefficient (Wildman–Crippen LogP) is 1.46. The van der Waals surface area contributed by atoms with Gasteiger partial charge in [0.15, 0.2) is 0 Å². The van der Waals surface area contributed by atoms with Crippen molar-refractivity contribution in [2.45, 2.75) is 39.2 Å². The molecule has 138 valence electrons. The van der Waals surface area contributed by atoms with Crippen LogP contribution in [0.2, 0.25) is 0 Å². The zero-order valence-electron chi connectivity index (χ0n) is 15.1. The molecular formula is C18H24N6O2. The first-order valence-electron chi connectivity index (χ1n) is 9.20. The van der Waals surface area contributed by atoms with Crippen molar-refractivity contribution in [1.29, 1.82) is 0 Å². The number of nitrogens with zero attached hydrogens (tertiary/aromatic N) is 5. The van der Waals surface area contributed by atoms with Gasteiger partial charge in [-0.3, -0.25) is 9.48 Å². The number of amides is 1. The molecule has 0 spiro atoms. The van der Waals surface area contributed by atoms with E-state index in [1.165, 1.54) is 18.4 Å². The van der Waals surface area contributed by atoms with Crippen LogP contribution >= 0.6 is 0 Å². The fraction of sp³-hybridized carbons (Fsp3) is 0.556. The molecule has 1 fully saturated rings. The van der Waals surface area contributed by atoms with Gasteiger partial charge in [-0.25, -0.2) is 9.97 Å². The lowest BCUT2D eigenvalue weighted by Gasteiger charge is -2.26. The van der Waals surface area contributed by atoms with Gasteiger partial charge < -0.3 is 15.0 Å². The number of carbonyl (C=O) groups is 1. The molecule has 0 aromatic carbocycles. The molecule has 1 saturated heterocycles. The molecule has 26 heavy (non-hydrogen) atoms. The summed E-state index contributed by atoms with van der Waals surface area (Å²) in [6, 6.07) is 0. The predicted molar refractivity (Wildman–Crippen MR) is 96.3 cm³/mol. The normalized spacial score (nSPS) is 17.0. The van der Waals surface area contributed by atoms with Crippen LogP contribution in [0.3, 0.4) is 0 Å². The summed E-state index contributed by atoms with van der Waals surface area (Å²) in [6.07, 6.45) is 7.96. The van der Waals surface area contributed by atoms with Gasteiger partial charge in [0.25, 0.3) is 0 Å². The van der Waals surface area contributed by atoms with Crippen molar-refractivity contribution in [3.63, 3.8) is 0 Å². The summed E-state index contributed by atoms with van der Waals surface area (Å²) in [4.78, 5) is 23.3. The minimum absolute atomic E-state index is 0.0678. The lowest BCUT2D eigenvalue weighted by Crippen LogP contribution is -2.42. The second-order valence-corrected chi connectivity index (χ2v) is 6.80. The van der Waals surface area contributed by atoms with E-state index in [0.29, 0.717) is 26.3 Å². The van der Waals surface area contributed by atoms with E-state index in [1.807, 2.05) is 18.0 Å². The third-order valence-corrected chi connectivity index (χ3v) is 4.85. The number of anilines is 2. The Kier molecular flexibility index (Phi) is 4.83. The molecule has 1 aliphatic carbocycles. The highest BCUT2D eigenvalue weighted by molar-refractivity contribution is 5.76. The first-order chi connectivity index (χ1) is 12.7. The summed E-state index contributed by atoms with van der Waals surface area (Å²) < 4.78 is 6.95. The summed E-state index contributed by atoms with van der Waals surface area (Å²) in [5, 5.41) is 7.68. The summed E-state index contributed by atoms with van der Waals surface area (Å²) in [5.41, 5.74) is 3.20. The van der Waals surface area contributed by atoms with Gasteiger partial charge in [0.2, 0.25) is 5.91 Å². The molecule has 0 unspecified atom stereocenters. The van der Waals surface area contributed by atoms with Crippen molar-refractivity contribution < 1.29 is 9.53 Å². The first kappa shape index (κ1) is 17.0. The van der Waals surface area contributed by atoms with Gasteiger partial charge in [-0.15, -0.1) is 0 Å². The van der Waals surface area contributed by atoms with Crippen molar-refractivity contribution in [3.8, 4) is 0 Å². The van der Waals surface area contributed by atoms with E-state index >= 15 is 0 Å². The fourth-order valence-electron chi connectivity index (χ4n) is 3.52. The van der Waals surface area contributed by atoms with Gasteiger partial charge in [0.05, 0.1) is 25.1 Å². The maximum absolute atomic E-state index is 12.3. The molecule has 1 amide bonds. The van der Waals surface area contributed by atoms with Gasteiger partial charge in [0, 0.05) is 30.5 Å². The quantitative estimate of drug-likeness (QED) is 0.893. The standard InChI is InChI=1S/C18H24N6O2/c1-13-20-16-5-3-2-4-15(16)18(21-13)22-14-10-19-24(11-14)12-17(25)23-6-8-26-9-7-23/h10-11H,2-9,12H2,1H3,(H,20,21,22). The monoisotopic (exact) mass is 356 g/mol. The smallest absolute Gasteiger partial charge is 0.244 e. The average molecular weight is 356 g/mol. The molecule has 4 rings (SSSR count). The maximum atomic E-state index is 12.3. The molecular weight excluding hydrogens is 332 g/mol. The number of hydrogen-bond donors (Lipinski definition) is 1.